The molecule has 1 aromatic carbocycles. The maximum absolute atomic E-state index is 13.9. The number of sulfonamides is 1. The molecule has 3 aromatic rings. The number of amides is 1. The Hall–Kier alpha value is -3.28. The van der Waals surface area contributed by atoms with E-state index in [-0.39, 0.29) is 28.8 Å². The number of benzene rings is 1. The van der Waals surface area contributed by atoms with Crippen molar-refractivity contribution in [2.45, 2.75) is 68.8 Å². The van der Waals surface area contributed by atoms with E-state index < -0.39 is 27.9 Å². The second-order valence-corrected chi connectivity index (χ2v) is 14.5. The monoisotopic (exact) mass is 608 g/mol. The van der Waals surface area contributed by atoms with E-state index in [9.17, 15) is 23.1 Å². The third-order valence-electron chi connectivity index (χ3n) is 8.93. The lowest BCUT2D eigenvalue weighted by atomic mass is 9.82. The molecule has 3 aliphatic rings. The van der Waals surface area contributed by atoms with Gasteiger partial charge in [0.1, 0.15) is 15.6 Å². The number of hydrogen-bond acceptors (Lipinski definition) is 7. The van der Waals surface area contributed by atoms with Gasteiger partial charge in [-0.05, 0) is 62.3 Å². The van der Waals surface area contributed by atoms with E-state index in [1.165, 1.54) is 10.5 Å². The quantitative estimate of drug-likeness (QED) is 0.378. The van der Waals surface area contributed by atoms with Crippen molar-refractivity contribution in [1.29, 1.82) is 0 Å². The zero-order valence-electron chi connectivity index (χ0n) is 23.7. The molecule has 42 heavy (non-hydrogen) atoms. The van der Waals surface area contributed by atoms with Crippen molar-refractivity contribution in [3.63, 3.8) is 0 Å². The van der Waals surface area contributed by atoms with E-state index in [0.29, 0.717) is 11.7 Å². The SMILES string of the molecule is CC1CCCN1c1ccc(S(=O)(=O)N2CC(=O)N(c3cc(-c4ccccc4)sc3C(=O)O)C(C3CCCCC3)C2)cn1. The smallest absolute Gasteiger partial charge is 0.348 e. The summed E-state index contributed by atoms with van der Waals surface area (Å²) in [7, 11) is -4.00. The number of carbonyl (C=O) groups excluding carboxylic acids is 1. The highest BCUT2D eigenvalue weighted by Crippen LogP contribution is 2.42. The minimum absolute atomic E-state index is 0.0647. The van der Waals surface area contributed by atoms with E-state index in [2.05, 4.69) is 16.8 Å². The topological polar surface area (TPSA) is 111 Å². The van der Waals surface area contributed by atoms with E-state index in [4.69, 9.17) is 0 Å². The molecule has 1 N–H and O–H groups in total. The molecule has 2 aliphatic heterocycles. The molecule has 1 saturated carbocycles. The molecule has 1 amide bonds. The largest absolute Gasteiger partial charge is 0.477 e. The fourth-order valence-corrected chi connectivity index (χ4v) is 9.06. The van der Waals surface area contributed by atoms with Gasteiger partial charge in [-0.2, -0.15) is 4.31 Å². The Morgan fingerprint density at radius 1 is 1.02 bits per heavy atom. The summed E-state index contributed by atoms with van der Waals surface area (Å²) in [5.74, 6) is -0.677. The van der Waals surface area contributed by atoms with Gasteiger partial charge in [-0.1, -0.05) is 49.6 Å². The number of pyridine rings is 1. The Bertz CT molecular complexity index is 1550. The van der Waals surface area contributed by atoms with Crippen LogP contribution < -0.4 is 9.80 Å². The van der Waals surface area contributed by atoms with Crippen LogP contribution in [-0.2, 0) is 14.8 Å². The zero-order valence-corrected chi connectivity index (χ0v) is 25.3. The number of thiophene rings is 1. The Morgan fingerprint density at radius 2 is 1.79 bits per heavy atom. The van der Waals surface area contributed by atoms with Crippen LogP contribution in [0.2, 0.25) is 0 Å². The number of aromatic carboxylic acids is 1. The predicted molar refractivity (Wildman–Crippen MR) is 164 cm³/mol. The van der Waals surface area contributed by atoms with Crippen molar-refractivity contribution in [2.24, 2.45) is 5.92 Å². The standard InChI is InChI=1S/C31H36N4O5S2/c1-21-9-8-16-34(21)28-15-14-24(18-32-28)42(39,40)33-19-26(22-10-4-2-5-11-22)35(29(36)20-33)25-17-27(41-30(25)31(37)38)23-12-6-3-7-13-23/h3,6-7,12-15,17-18,21-22,26H,2,4-5,8-11,16,19-20H2,1H3,(H,37,38). The normalized spacial score (nSPS) is 22.5. The van der Waals surface area contributed by atoms with Gasteiger partial charge in [0.25, 0.3) is 0 Å². The van der Waals surface area contributed by atoms with Crippen molar-refractivity contribution in [2.75, 3.05) is 29.4 Å². The van der Waals surface area contributed by atoms with Crippen LogP contribution in [0.25, 0.3) is 10.4 Å². The molecule has 9 nitrogen and oxygen atoms in total. The lowest BCUT2D eigenvalue weighted by Crippen LogP contribution is -2.60. The molecule has 2 saturated heterocycles. The molecule has 6 rings (SSSR count). The van der Waals surface area contributed by atoms with Gasteiger partial charge in [0.15, 0.2) is 0 Å². The fourth-order valence-electron chi connectivity index (χ4n) is 6.72. The van der Waals surface area contributed by atoms with E-state index in [0.717, 1.165) is 79.1 Å². The molecule has 11 heteroatoms. The van der Waals surface area contributed by atoms with E-state index in [1.807, 2.05) is 30.3 Å². The third-order valence-corrected chi connectivity index (χ3v) is 11.9. The van der Waals surface area contributed by atoms with Crippen LogP contribution in [0.3, 0.4) is 0 Å². The number of piperazine rings is 1. The third kappa shape index (κ3) is 5.45. The summed E-state index contributed by atoms with van der Waals surface area (Å²) in [5.41, 5.74) is 1.23. The van der Waals surface area contributed by atoms with Crippen LogP contribution in [-0.4, -0.2) is 66.4 Å². The second kappa shape index (κ2) is 11.8. The molecule has 2 atom stereocenters. The van der Waals surface area contributed by atoms with Crippen LogP contribution in [0.1, 0.15) is 61.5 Å². The first-order valence-electron chi connectivity index (χ1n) is 14.7. The summed E-state index contributed by atoms with van der Waals surface area (Å²) < 4.78 is 29.0. The summed E-state index contributed by atoms with van der Waals surface area (Å²) in [5, 5.41) is 10.1. The Morgan fingerprint density at radius 3 is 2.43 bits per heavy atom. The highest BCUT2D eigenvalue weighted by molar-refractivity contribution is 7.89. The molecule has 2 unspecified atom stereocenters. The number of rotatable bonds is 7. The number of anilines is 2. The number of carbonyl (C=O) groups is 2. The first-order chi connectivity index (χ1) is 20.2. The van der Waals surface area contributed by atoms with Gasteiger partial charge in [-0.3, -0.25) is 4.79 Å². The molecule has 0 spiro atoms. The van der Waals surface area contributed by atoms with Gasteiger partial charge >= 0.3 is 5.97 Å². The predicted octanol–water partition coefficient (Wildman–Crippen LogP) is 5.48. The van der Waals surface area contributed by atoms with Crippen molar-refractivity contribution in [3.05, 3.63) is 59.6 Å². The minimum Gasteiger partial charge on any atom is -0.477 e. The van der Waals surface area contributed by atoms with Crippen molar-refractivity contribution < 1.29 is 23.1 Å². The van der Waals surface area contributed by atoms with E-state index >= 15 is 0 Å². The first kappa shape index (κ1) is 28.8. The summed E-state index contributed by atoms with van der Waals surface area (Å²) in [6, 6.07) is 14.5. The number of carboxylic acid groups (broad SMARTS) is 1. The van der Waals surface area contributed by atoms with Crippen molar-refractivity contribution in [1.82, 2.24) is 9.29 Å². The van der Waals surface area contributed by atoms with Crippen molar-refractivity contribution >= 4 is 44.7 Å². The zero-order chi connectivity index (χ0) is 29.4. The van der Waals surface area contributed by atoms with Crippen LogP contribution in [0.4, 0.5) is 11.5 Å². The van der Waals surface area contributed by atoms with Gasteiger partial charge in [0.2, 0.25) is 15.9 Å². The molecule has 4 heterocycles. The molecule has 2 aromatic heterocycles. The maximum Gasteiger partial charge on any atom is 0.348 e. The molecule has 0 bridgehead atoms. The Labute approximate surface area is 250 Å². The summed E-state index contributed by atoms with van der Waals surface area (Å²) in [4.78, 5) is 35.5. The second-order valence-electron chi connectivity index (χ2n) is 11.6. The molecule has 3 fully saturated rings. The van der Waals surface area contributed by atoms with Crippen molar-refractivity contribution in [3.8, 4) is 10.4 Å². The van der Waals surface area contributed by atoms with Crippen LogP contribution in [0.5, 0.6) is 0 Å². The van der Waals surface area contributed by atoms with Gasteiger partial charge in [-0.15, -0.1) is 11.3 Å². The molecule has 222 valence electrons. The first-order valence-corrected chi connectivity index (χ1v) is 17.0. The molecular formula is C31H36N4O5S2. The van der Waals surface area contributed by atoms with Crippen LogP contribution in [0, 0.1) is 5.92 Å². The molecule has 0 radical (unpaired) electrons. The van der Waals surface area contributed by atoms with Gasteiger partial charge in [0.05, 0.1) is 18.3 Å². The number of hydrogen-bond donors (Lipinski definition) is 1. The van der Waals surface area contributed by atoms with Gasteiger partial charge in [0, 0.05) is 30.2 Å². The highest BCUT2D eigenvalue weighted by Gasteiger charge is 2.44. The van der Waals surface area contributed by atoms with E-state index in [1.54, 1.807) is 23.1 Å². The van der Waals surface area contributed by atoms with Gasteiger partial charge < -0.3 is 14.9 Å². The highest BCUT2D eigenvalue weighted by atomic mass is 32.2. The summed E-state index contributed by atoms with van der Waals surface area (Å²) in [6.07, 6.45) is 8.40. The number of nitrogens with zero attached hydrogens (tertiary/aromatic N) is 4. The average molecular weight is 609 g/mol. The fraction of sp³-hybridized carbons (Fsp3) is 0.452. The van der Waals surface area contributed by atoms with Crippen LogP contribution in [0.15, 0.2) is 59.6 Å². The number of carboxylic acids is 1. The minimum atomic E-state index is -4.00. The lowest BCUT2D eigenvalue weighted by molar-refractivity contribution is -0.121. The molecule has 1 aliphatic carbocycles. The lowest BCUT2D eigenvalue weighted by Gasteiger charge is -2.44. The van der Waals surface area contributed by atoms with Crippen LogP contribution >= 0.6 is 11.3 Å². The Kier molecular flexibility index (Phi) is 8.08. The van der Waals surface area contributed by atoms with Gasteiger partial charge in [-0.25, -0.2) is 18.2 Å². The average Bonchev–Trinajstić information content (AvgIpc) is 3.64. The summed E-state index contributed by atoms with van der Waals surface area (Å²) in [6.45, 7) is 2.79. The summed E-state index contributed by atoms with van der Waals surface area (Å²) >= 11 is 1.14. The Balaban J connectivity index is 1.33. The number of aromatic nitrogens is 1. The molecular weight excluding hydrogens is 572 g/mol. The maximum atomic E-state index is 13.9.